The Hall–Kier alpha value is -6.82. The number of fused-ring (bicyclic) bond motifs is 6. The predicted octanol–water partition coefficient (Wildman–Crippen LogP) is 10.8. The minimum atomic E-state index is -4.94. The van der Waals surface area contributed by atoms with E-state index in [0.29, 0.717) is 12.8 Å². The van der Waals surface area contributed by atoms with Crippen molar-refractivity contribution < 1.29 is 48.4 Å². The Balaban J connectivity index is 0.00000138. The Kier molecular flexibility index (Phi) is 15.4. The number of halogens is 1. The van der Waals surface area contributed by atoms with E-state index in [1.165, 1.54) is 83.0 Å². The molecule has 0 saturated carbocycles. The number of allylic oxidation sites excluding steroid dienone is 6. The molecule has 0 spiro atoms. The van der Waals surface area contributed by atoms with E-state index >= 15 is 0 Å². The number of phenolic OH excluding ortho intramolecular Hbond substituents is 2. The molecule has 0 saturated heterocycles. The summed E-state index contributed by atoms with van der Waals surface area (Å²) in [5.41, 5.74) is 20.0. The smallest absolute Gasteiger partial charge is 0.210 e. The molecule has 10 rings (SSSR count). The minimum Gasteiger partial charge on any atom is -0.508 e. The van der Waals surface area contributed by atoms with Crippen molar-refractivity contribution >= 4 is 32.9 Å². The molecule has 77 heavy (non-hydrogen) atoms. The second kappa shape index (κ2) is 21.5. The highest BCUT2D eigenvalue weighted by Gasteiger charge is 2.45. The summed E-state index contributed by atoms with van der Waals surface area (Å²) in [5, 5.41) is 30.7. The van der Waals surface area contributed by atoms with Crippen LogP contribution in [0, 0.1) is 37.9 Å². The van der Waals surface area contributed by atoms with Crippen molar-refractivity contribution in [2.45, 2.75) is 118 Å². The number of likely N-dealkylation sites (N-methyl/N-ethyl adjacent to an activating group) is 1. The summed E-state index contributed by atoms with van der Waals surface area (Å²) < 4.78 is 43.8. The van der Waals surface area contributed by atoms with Crippen LogP contribution in [0.25, 0.3) is 21.5 Å². The third-order valence-electron chi connectivity index (χ3n) is 16.9. The molecule has 9 nitrogen and oxygen atoms in total. The van der Waals surface area contributed by atoms with Gasteiger partial charge >= 0.3 is 0 Å². The van der Waals surface area contributed by atoms with Gasteiger partial charge in [0.2, 0.25) is 5.69 Å². The fourth-order valence-corrected chi connectivity index (χ4v) is 12.7. The molecule has 398 valence electrons. The molecule has 1 unspecified atom stereocenters. The molecule has 0 aromatic heterocycles. The van der Waals surface area contributed by atoms with E-state index in [4.69, 9.17) is 23.4 Å². The summed E-state index contributed by atoms with van der Waals surface area (Å²) >= 11 is 0. The third kappa shape index (κ3) is 10.8. The number of aryl methyl sites for hydroxylation is 2. The summed E-state index contributed by atoms with van der Waals surface area (Å²) in [7, 11) is -0.649. The van der Waals surface area contributed by atoms with E-state index in [1.54, 1.807) is 6.07 Å². The topological polar surface area (TPSA) is 157 Å². The molecule has 0 amide bonds. The van der Waals surface area contributed by atoms with E-state index < -0.39 is 10.2 Å². The summed E-state index contributed by atoms with van der Waals surface area (Å²) in [6, 6.07) is 38.8. The van der Waals surface area contributed by atoms with Gasteiger partial charge in [0.1, 0.15) is 30.1 Å². The van der Waals surface area contributed by atoms with Crippen LogP contribution in [0.3, 0.4) is 0 Å². The van der Waals surface area contributed by atoms with Crippen LogP contribution in [-0.2, 0) is 30.1 Å². The van der Waals surface area contributed by atoms with Crippen LogP contribution in [0.2, 0.25) is 0 Å². The van der Waals surface area contributed by atoms with Gasteiger partial charge in [-0.25, -0.2) is 18.6 Å². The maximum absolute atomic E-state index is 11.3. The van der Waals surface area contributed by atoms with E-state index in [9.17, 15) is 10.2 Å². The standard InChI is InChI=1S/C67H70N2O3.ClHO4/c1-12-44-37-53(38-50(42(44)4)35-49-27-32-60(71)57(43(49)5)39-51-36-52(70)34-40(2)41(51)3)72-65-47(25-30-58-64(68-10)56-29-24-45-18-13-15-22-54(45)62(56)66(58,6)7)20-17-21-48(65)28-33-61-67(8,9)63-55-23-16-14-19-46(55)26-31-59(63)69(61)11;2-1(3,4)5/h13-16,18-19,22-34,36-38,64,68H,12,17,20-21,35,39H2,1-11H3,(H-,70,71);(H,2,3,4,5)/b33-28+,47-25+,58-30-;. The van der Waals surface area contributed by atoms with Crippen LogP contribution in [0.15, 0.2) is 156 Å². The molecular formula is C67H71ClN2O7. The number of ether oxygens (including phenoxy) is 1. The molecule has 3 N–H and O–H groups in total. The maximum atomic E-state index is 11.3. The van der Waals surface area contributed by atoms with Crippen LogP contribution in [-0.4, -0.2) is 34.6 Å². The normalized spacial score (nSPS) is 17.9. The summed E-state index contributed by atoms with van der Waals surface area (Å²) in [4.78, 5) is 0. The number of benzene rings is 7. The van der Waals surface area contributed by atoms with E-state index in [1.807, 2.05) is 19.1 Å². The minimum absolute atomic E-state index is 0.0885. The first-order valence-electron chi connectivity index (χ1n) is 26.7. The molecule has 1 heterocycles. The van der Waals surface area contributed by atoms with Crippen LogP contribution in [0.4, 0.5) is 5.69 Å². The van der Waals surface area contributed by atoms with Crippen molar-refractivity contribution in [1.29, 1.82) is 0 Å². The van der Waals surface area contributed by atoms with Crippen LogP contribution < -0.4 is 28.7 Å². The van der Waals surface area contributed by atoms with Crippen molar-refractivity contribution in [3.8, 4) is 17.2 Å². The van der Waals surface area contributed by atoms with Gasteiger partial charge in [0.05, 0.1) is 11.5 Å². The zero-order chi connectivity index (χ0) is 55.3. The fourth-order valence-electron chi connectivity index (χ4n) is 12.7. The summed E-state index contributed by atoms with van der Waals surface area (Å²) in [6.45, 7) is 20.2. The number of phenols is 2. The number of hydrogen-bond acceptors (Lipinski definition) is 8. The Morgan fingerprint density at radius 3 is 2.00 bits per heavy atom. The van der Waals surface area contributed by atoms with Gasteiger partial charge in [0.25, 0.3) is 0 Å². The zero-order valence-electron chi connectivity index (χ0n) is 46.3. The molecule has 0 bridgehead atoms. The maximum Gasteiger partial charge on any atom is 0.210 e. The molecule has 1 atom stereocenters. The van der Waals surface area contributed by atoms with E-state index in [0.717, 1.165) is 70.6 Å². The van der Waals surface area contributed by atoms with Gasteiger partial charge < -0.3 is 20.3 Å². The average Bonchev–Trinajstić information content (AvgIpc) is 3.79. The molecule has 2 aliphatic carbocycles. The van der Waals surface area contributed by atoms with Crippen LogP contribution >= 0.6 is 0 Å². The lowest BCUT2D eigenvalue weighted by Gasteiger charge is -2.26. The van der Waals surface area contributed by atoms with Gasteiger partial charge in [-0.3, -0.25) is 0 Å². The SMILES string of the molecule is CCc1cc(OC2=C(/C=C/C3=[N+](C)c4ccc5ccccc5c4C3(C)C)CCC/C2=C\C=C2\C(NC)c3ccc4ccccc4c3C2(C)C)cc(Cc2ccc(O)c(Cc3cc(O)cc(C)c3C)c2C)c1C.[O-][Cl+3]([O-])([O-])[O-]. The molecule has 1 aliphatic heterocycles. The second-order valence-corrected chi connectivity index (χ2v) is 22.9. The van der Waals surface area contributed by atoms with Gasteiger partial charge in [-0.1, -0.05) is 99.7 Å². The number of nitrogens with zero attached hydrogens (tertiary/aromatic N) is 1. The molecule has 7 aromatic rings. The highest BCUT2D eigenvalue weighted by atomic mass is 35.7. The van der Waals surface area contributed by atoms with Crippen molar-refractivity contribution in [2.24, 2.45) is 0 Å². The first kappa shape index (κ1) is 55.0. The molecule has 3 aliphatic rings. The van der Waals surface area contributed by atoms with Crippen molar-refractivity contribution in [2.75, 3.05) is 14.1 Å². The number of rotatable bonds is 11. The van der Waals surface area contributed by atoms with Crippen molar-refractivity contribution in [3.05, 3.63) is 223 Å². The Labute approximate surface area is 456 Å². The number of nitrogens with one attached hydrogen (secondary N) is 1. The van der Waals surface area contributed by atoms with Crippen LogP contribution in [0.5, 0.6) is 17.2 Å². The van der Waals surface area contributed by atoms with Crippen LogP contribution in [0.1, 0.15) is 127 Å². The summed E-state index contributed by atoms with van der Waals surface area (Å²) in [5.74, 6) is 2.31. The summed E-state index contributed by atoms with van der Waals surface area (Å²) in [6.07, 6.45) is 14.4. The van der Waals surface area contributed by atoms with Crippen molar-refractivity contribution in [3.63, 3.8) is 0 Å². The average molecular weight is 1050 g/mol. The molecular weight excluding hydrogens is 980 g/mol. The van der Waals surface area contributed by atoms with Gasteiger partial charge in [-0.15, -0.1) is 10.2 Å². The highest BCUT2D eigenvalue weighted by molar-refractivity contribution is 6.07. The van der Waals surface area contributed by atoms with Crippen molar-refractivity contribution in [1.82, 2.24) is 5.32 Å². The lowest BCUT2D eigenvalue weighted by atomic mass is 9.78. The largest absolute Gasteiger partial charge is 0.508 e. The highest BCUT2D eigenvalue weighted by Crippen LogP contribution is 2.52. The molecule has 0 radical (unpaired) electrons. The second-order valence-electron chi connectivity index (χ2n) is 22.2. The monoisotopic (exact) mass is 1050 g/mol. The quantitative estimate of drug-likeness (QED) is 0.108. The lowest BCUT2D eigenvalue weighted by Crippen LogP contribution is -2.68. The predicted molar refractivity (Wildman–Crippen MR) is 300 cm³/mol. The fraction of sp³-hybridized carbons (Fsp3) is 0.299. The Morgan fingerprint density at radius 2 is 1.32 bits per heavy atom. The lowest BCUT2D eigenvalue weighted by molar-refractivity contribution is -2.00. The first-order valence-corrected chi connectivity index (χ1v) is 27.9. The van der Waals surface area contributed by atoms with Gasteiger partial charge in [-0.2, -0.15) is 4.58 Å². The molecule has 0 fully saturated rings. The first-order chi connectivity index (χ1) is 36.5. The van der Waals surface area contributed by atoms with E-state index in [2.05, 4.69) is 195 Å². The van der Waals surface area contributed by atoms with Gasteiger partial charge in [0.15, 0.2) is 5.71 Å². The van der Waals surface area contributed by atoms with Gasteiger partial charge in [0, 0.05) is 35.1 Å². The Bertz CT molecular complexity index is 3640. The zero-order valence-corrected chi connectivity index (χ0v) is 47.0. The third-order valence-corrected chi connectivity index (χ3v) is 16.9. The molecule has 10 heteroatoms. The Morgan fingerprint density at radius 1 is 0.688 bits per heavy atom. The molecule has 7 aromatic carbocycles. The number of hydrogen-bond donors (Lipinski definition) is 3. The number of aromatic hydroxyl groups is 2. The van der Waals surface area contributed by atoms with Gasteiger partial charge in [-0.05, 0) is 217 Å². The van der Waals surface area contributed by atoms with E-state index in [-0.39, 0.29) is 28.4 Å².